The standard InChI is InChI=1S/C21H24F2N2O4/c1-3-25(12-17-13-27-18-6-4-5-7-19(18)28-17)21(26)24-14(2)15-8-10-16(11-9-15)29-20(22)23/h4-11,14,17,20H,3,12-13H2,1-2H3,(H,24,26). The summed E-state index contributed by atoms with van der Waals surface area (Å²) in [5, 5.41) is 2.92. The third-order valence-corrected chi connectivity index (χ3v) is 4.61. The summed E-state index contributed by atoms with van der Waals surface area (Å²) >= 11 is 0. The largest absolute Gasteiger partial charge is 0.486 e. The summed E-state index contributed by atoms with van der Waals surface area (Å²) in [6, 6.07) is 13.1. The minimum Gasteiger partial charge on any atom is -0.486 e. The predicted octanol–water partition coefficient (Wildman–Crippen LogP) is 4.22. The number of rotatable bonds is 7. The van der Waals surface area contributed by atoms with Crippen molar-refractivity contribution >= 4 is 6.03 Å². The number of alkyl halides is 2. The number of likely N-dealkylation sites (N-methyl/N-ethyl adjacent to an activating group) is 1. The molecular formula is C21H24F2N2O4. The monoisotopic (exact) mass is 406 g/mol. The van der Waals surface area contributed by atoms with Gasteiger partial charge in [-0.05, 0) is 43.7 Å². The zero-order valence-electron chi connectivity index (χ0n) is 16.3. The van der Waals surface area contributed by atoms with Gasteiger partial charge in [-0.25, -0.2) is 4.79 Å². The van der Waals surface area contributed by atoms with E-state index in [1.165, 1.54) is 12.1 Å². The molecule has 156 valence electrons. The molecule has 2 aromatic rings. The second-order valence-corrected chi connectivity index (χ2v) is 6.65. The van der Waals surface area contributed by atoms with Gasteiger partial charge in [0.25, 0.3) is 0 Å². The number of carbonyl (C=O) groups is 1. The lowest BCUT2D eigenvalue weighted by Crippen LogP contribution is -2.47. The Morgan fingerprint density at radius 1 is 1.21 bits per heavy atom. The lowest BCUT2D eigenvalue weighted by molar-refractivity contribution is -0.0498. The van der Waals surface area contributed by atoms with E-state index in [0.29, 0.717) is 31.2 Å². The van der Waals surface area contributed by atoms with Gasteiger partial charge in [-0.2, -0.15) is 8.78 Å². The van der Waals surface area contributed by atoms with E-state index in [0.717, 1.165) is 5.56 Å². The summed E-state index contributed by atoms with van der Waals surface area (Å²) in [5.74, 6) is 1.44. The Labute approximate surface area is 168 Å². The first-order valence-corrected chi connectivity index (χ1v) is 9.45. The maximum absolute atomic E-state index is 12.7. The molecule has 0 saturated heterocycles. The summed E-state index contributed by atoms with van der Waals surface area (Å²) in [6.45, 7) is 2.09. The zero-order valence-corrected chi connectivity index (χ0v) is 16.3. The number of urea groups is 1. The summed E-state index contributed by atoms with van der Waals surface area (Å²) in [7, 11) is 0. The average molecular weight is 406 g/mol. The first-order chi connectivity index (χ1) is 14.0. The van der Waals surface area contributed by atoms with Gasteiger partial charge in [0.15, 0.2) is 17.6 Å². The number of fused-ring (bicyclic) bond motifs is 1. The van der Waals surface area contributed by atoms with E-state index in [9.17, 15) is 13.6 Å². The van der Waals surface area contributed by atoms with Crippen molar-refractivity contribution in [1.82, 2.24) is 10.2 Å². The van der Waals surface area contributed by atoms with Crippen molar-refractivity contribution in [1.29, 1.82) is 0 Å². The molecule has 3 rings (SSSR count). The Balaban J connectivity index is 1.55. The second kappa shape index (κ2) is 9.45. The highest BCUT2D eigenvalue weighted by atomic mass is 19.3. The molecule has 1 aliphatic rings. The molecule has 1 aliphatic heterocycles. The van der Waals surface area contributed by atoms with Crippen LogP contribution in [-0.4, -0.2) is 43.3 Å². The minimum absolute atomic E-state index is 0.0761. The fourth-order valence-electron chi connectivity index (χ4n) is 3.05. The Bertz CT molecular complexity index is 817. The molecular weight excluding hydrogens is 382 g/mol. The SMILES string of the molecule is CCN(CC1COc2ccccc2O1)C(=O)NC(C)c1ccc(OC(F)F)cc1. The number of carbonyl (C=O) groups excluding carboxylic acids is 1. The lowest BCUT2D eigenvalue weighted by Gasteiger charge is -2.31. The Morgan fingerprint density at radius 3 is 2.55 bits per heavy atom. The van der Waals surface area contributed by atoms with Gasteiger partial charge in [-0.3, -0.25) is 0 Å². The van der Waals surface area contributed by atoms with Crippen molar-refractivity contribution < 1.29 is 27.8 Å². The Kier molecular flexibility index (Phi) is 6.74. The maximum atomic E-state index is 12.7. The van der Waals surface area contributed by atoms with Crippen LogP contribution in [0.5, 0.6) is 17.2 Å². The fraction of sp³-hybridized carbons (Fsp3) is 0.381. The second-order valence-electron chi connectivity index (χ2n) is 6.65. The predicted molar refractivity (Wildman–Crippen MR) is 104 cm³/mol. The van der Waals surface area contributed by atoms with Crippen molar-refractivity contribution in [2.24, 2.45) is 0 Å². The van der Waals surface area contributed by atoms with Crippen molar-refractivity contribution in [2.75, 3.05) is 19.7 Å². The number of halogens is 2. The number of amides is 2. The molecule has 2 unspecified atom stereocenters. The van der Waals surface area contributed by atoms with Crippen LogP contribution in [0.1, 0.15) is 25.5 Å². The molecule has 0 aliphatic carbocycles. The van der Waals surface area contributed by atoms with Crippen LogP contribution < -0.4 is 19.5 Å². The van der Waals surface area contributed by atoms with Crippen LogP contribution in [0.2, 0.25) is 0 Å². The molecule has 0 bridgehead atoms. The molecule has 0 radical (unpaired) electrons. The molecule has 1 N–H and O–H groups in total. The highest BCUT2D eigenvalue weighted by Crippen LogP contribution is 2.31. The van der Waals surface area contributed by atoms with Crippen molar-refractivity contribution in [3.05, 3.63) is 54.1 Å². The first kappa shape index (κ1) is 20.7. The van der Waals surface area contributed by atoms with Crippen molar-refractivity contribution in [3.63, 3.8) is 0 Å². The molecule has 0 spiro atoms. The molecule has 2 aromatic carbocycles. The van der Waals surface area contributed by atoms with Gasteiger partial charge < -0.3 is 24.4 Å². The highest BCUT2D eigenvalue weighted by Gasteiger charge is 2.25. The van der Waals surface area contributed by atoms with Crippen molar-refractivity contribution in [3.8, 4) is 17.2 Å². The molecule has 29 heavy (non-hydrogen) atoms. The van der Waals surface area contributed by atoms with Crippen LogP contribution in [0.15, 0.2) is 48.5 Å². The lowest BCUT2D eigenvalue weighted by atomic mass is 10.1. The number of ether oxygens (including phenoxy) is 3. The highest BCUT2D eigenvalue weighted by molar-refractivity contribution is 5.74. The van der Waals surface area contributed by atoms with E-state index >= 15 is 0 Å². The van der Waals surface area contributed by atoms with Gasteiger partial charge in [-0.15, -0.1) is 0 Å². The van der Waals surface area contributed by atoms with E-state index in [-0.39, 0.29) is 23.9 Å². The first-order valence-electron chi connectivity index (χ1n) is 9.45. The van der Waals surface area contributed by atoms with Gasteiger partial charge in [0.1, 0.15) is 12.4 Å². The van der Waals surface area contributed by atoms with Crippen molar-refractivity contribution in [2.45, 2.75) is 32.6 Å². The Hall–Kier alpha value is -3.03. The zero-order chi connectivity index (χ0) is 20.8. The van der Waals surface area contributed by atoms with Gasteiger partial charge in [-0.1, -0.05) is 24.3 Å². The van der Waals surface area contributed by atoms with Crippen LogP contribution >= 0.6 is 0 Å². The van der Waals surface area contributed by atoms with E-state index in [2.05, 4.69) is 10.1 Å². The van der Waals surface area contributed by atoms with Gasteiger partial charge in [0.05, 0.1) is 12.6 Å². The molecule has 0 fully saturated rings. The summed E-state index contributed by atoms with van der Waals surface area (Å²) in [4.78, 5) is 14.3. The third-order valence-electron chi connectivity index (χ3n) is 4.61. The molecule has 8 heteroatoms. The van der Waals surface area contributed by atoms with E-state index < -0.39 is 6.61 Å². The van der Waals surface area contributed by atoms with Crippen LogP contribution in [0.3, 0.4) is 0 Å². The van der Waals surface area contributed by atoms with Crippen LogP contribution in [0.4, 0.5) is 13.6 Å². The summed E-state index contributed by atoms with van der Waals surface area (Å²) < 4.78 is 40.5. The normalized spacial score (nSPS) is 16.2. The minimum atomic E-state index is -2.87. The quantitative estimate of drug-likeness (QED) is 0.748. The third kappa shape index (κ3) is 5.49. The number of hydrogen-bond acceptors (Lipinski definition) is 4. The molecule has 0 aromatic heterocycles. The smallest absolute Gasteiger partial charge is 0.387 e. The average Bonchev–Trinajstić information content (AvgIpc) is 2.71. The summed E-state index contributed by atoms with van der Waals surface area (Å²) in [5.41, 5.74) is 0.780. The molecule has 1 heterocycles. The van der Waals surface area contributed by atoms with Crippen LogP contribution in [-0.2, 0) is 0 Å². The number of para-hydroxylation sites is 2. The van der Waals surface area contributed by atoms with Crippen LogP contribution in [0, 0.1) is 0 Å². The molecule has 2 amide bonds. The topological polar surface area (TPSA) is 60.0 Å². The van der Waals surface area contributed by atoms with E-state index in [1.807, 2.05) is 38.1 Å². The molecule has 6 nitrogen and oxygen atoms in total. The van der Waals surface area contributed by atoms with Gasteiger partial charge >= 0.3 is 12.6 Å². The van der Waals surface area contributed by atoms with Crippen LogP contribution in [0.25, 0.3) is 0 Å². The van der Waals surface area contributed by atoms with Gasteiger partial charge in [0.2, 0.25) is 0 Å². The number of benzene rings is 2. The maximum Gasteiger partial charge on any atom is 0.387 e. The Morgan fingerprint density at radius 2 is 1.90 bits per heavy atom. The molecule has 2 atom stereocenters. The van der Waals surface area contributed by atoms with Gasteiger partial charge in [0, 0.05) is 6.54 Å². The number of hydrogen-bond donors (Lipinski definition) is 1. The fourth-order valence-corrected chi connectivity index (χ4v) is 3.05. The van der Waals surface area contributed by atoms with E-state index in [1.54, 1.807) is 17.0 Å². The summed E-state index contributed by atoms with van der Waals surface area (Å²) in [6.07, 6.45) is -0.267. The molecule has 0 saturated carbocycles. The number of nitrogens with one attached hydrogen (secondary N) is 1. The van der Waals surface area contributed by atoms with E-state index in [4.69, 9.17) is 9.47 Å². The number of nitrogens with zero attached hydrogens (tertiary/aromatic N) is 1.